The van der Waals surface area contributed by atoms with E-state index in [1.807, 2.05) is 7.05 Å². The van der Waals surface area contributed by atoms with Gasteiger partial charge in [0.2, 0.25) is 0 Å². The zero-order valence-corrected chi connectivity index (χ0v) is 11.7. The molecule has 0 radical (unpaired) electrons. The molecule has 84 valence electrons. The normalized spacial score (nSPS) is 10.4. The van der Waals surface area contributed by atoms with Crippen LogP contribution in [0.1, 0.15) is 11.1 Å². The number of anilines is 1. The minimum atomic E-state index is 0.877. The van der Waals surface area contributed by atoms with Crippen molar-refractivity contribution in [3.8, 4) is 0 Å². The lowest BCUT2D eigenvalue weighted by Crippen LogP contribution is -2.01. The van der Waals surface area contributed by atoms with E-state index in [1.54, 1.807) is 0 Å². The van der Waals surface area contributed by atoms with Gasteiger partial charge in [0.05, 0.1) is 0 Å². The molecule has 1 aromatic heterocycles. The van der Waals surface area contributed by atoms with Crippen molar-refractivity contribution < 1.29 is 0 Å². The first-order chi connectivity index (χ1) is 7.66. The molecule has 0 saturated heterocycles. The average molecular weight is 326 g/mol. The minimum absolute atomic E-state index is 0.877. The van der Waals surface area contributed by atoms with Crippen molar-refractivity contribution in [3.05, 3.63) is 51.4 Å². The molecule has 2 rings (SSSR count). The van der Waals surface area contributed by atoms with E-state index in [2.05, 4.69) is 76.1 Å². The fourth-order valence-corrected chi connectivity index (χ4v) is 2.16. The third-order valence-electron chi connectivity index (χ3n) is 2.64. The van der Waals surface area contributed by atoms with E-state index >= 15 is 0 Å². The van der Waals surface area contributed by atoms with E-state index < -0.39 is 0 Å². The molecule has 1 aromatic carbocycles. The number of aryl methyl sites for hydroxylation is 1. The van der Waals surface area contributed by atoms with Crippen LogP contribution in [0.25, 0.3) is 0 Å². The molecule has 0 aliphatic carbocycles. The van der Waals surface area contributed by atoms with Crippen molar-refractivity contribution in [2.24, 2.45) is 7.05 Å². The Morgan fingerprint density at radius 3 is 2.81 bits per heavy atom. The lowest BCUT2D eigenvalue weighted by molar-refractivity contribution is 0.920. The molecule has 0 atom stereocenters. The van der Waals surface area contributed by atoms with Crippen LogP contribution in [0.3, 0.4) is 0 Å². The maximum atomic E-state index is 3.47. The Labute approximate surface area is 110 Å². The van der Waals surface area contributed by atoms with Gasteiger partial charge in [-0.25, -0.2) is 0 Å². The van der Waals surface area contributed by atoms with E-state index in [1.165, 1.54) is 20.4 Å². The highest BCUT2D eigenvalue weighted by atomic mass is 127. The summed E-state index contributed by atoms with van der Waals surface area (Å²) in [7, 11) is 2.04. The number of benzene rings is 1. The van der Waals surface area contributed by atoms with Gasteiger partial charge >= 0.3 is 0 Å². The molecule has 3 heteroatoms. The lowest BCUT2D eigenvalue weighted by atomic mass is 10.2. The van der Waals surface area contributed by atoms with Crippen LogP contribution in [-0.4, -0.2) is 4.57 Å². The summed E-state index contributed by atoms with van der Waals surface area (Å²) < 4.78 is 3.37. The van der Waals surface area contributed by atoms with Crippen LogP contribution < -0.4 is 5.32 Å². The summed E-state index contributed by atoms with van der Waals surface area (Å²) in [6.07, 6.45) is 4.20. The van der Waals surface area contributed by atoms with Gasteiger partial charge in [-0.15, -0.1) is 0 Å². The topological polar surface area (TPSA) is 17.0 Å². The van der Waals surface area contributed by atoms with Crippen molar-refractivity contribution in [2.75, 3.05) is 5.32 Å². The van der Waals surface area contributed by atoms with Crippen LogP contribution >= 0.6 is 22.6 Å². The van der Waals surface area contributed by atoms with Crippen LogP contribution in [0.5, 0.6) is 0 Å². The smallest absolute Gasteiger partial charge is 0.0415 e. The molecular formula is C13H15IN2. The number of hydrogen-bond donors (Lipinski definition) is 1. The first-order valence-electron chi connectivity index (χ1n) is 5.26. The predicted octanol–water partition coefficient (Wildman–Crippen LogP) is 3.55. The maximum Gasteiger partial charge on any atom is 0.0415 e. The van der Waals surface area contributed by atoms with Crippen molar-refractivity contribution in [1.29, 1.82) is 0 Å². The summed E-state index contributed by atoms with van der Waals surface area (Å²) >= 11 is 2.36. The lowest BCUT2D eigenvalue weighted by Gasteiger charge is -2.09. The van der Waals surface area contributed by atoms with E-state index in [-0.39, 0.29) is 0 Å². The van der Waals surface area contributed by atoms with Crippen LogP contribution in [-0.2, 0) is 13.6 Å². The van der Waals surface area contributed by atoms with E-state index in [9.17, 15) is 0 Å². The Hall–Kier alpha value is -0.970. The molecule has 2 nitrogen and oxygen atoms in total. The second-order valence-electron chi connectivity index (χ2n) is 3.95. The molecule has 0 fully saturated rings. The maximum absolute atomic E-state index is 3.47. The van der Waals surface area contributed by atoms with Gasteiger partial charge < -0.3 is 9.88 Å². The highest BCUT2D eigenvalue weighted by Crippen LogP contribution is 2.20. The standard InChI is InChI=1S/C13H15IN2/c1-10-12(14)4-3-5-13(10)15-8-11-6-7-16(2)9-11/h3-7,9,15H,8H2,1-2H3. The quantitative estimate of drug-likeness (QED) is 0.854. The van der Waals surface area contributed by atoms with Crippen LogP contribution in [0.15, 0.2) is 36.7 Å². The first-order valence-corrected chi connectivity index (χ1v) is 6.34. The van der Waals surface area contributed by atoms with Crippen LogP contribution in [0.2, 0.25) is 0 Å². The molecular weight excluding hydrogens is 311 g/mol. The third-order valence-corrected chi connectivity index (χ3v) is 3.81. The minimum Gasteiger partial charge on any atom is -0.381 e. The molecule has 1 N–H and O–H groups in total. The second kappa shape index (κ2) is 4.91. The molecule has 0 unspecified atom stereocenters. The zero-order chi connectivity index (χ0) is 11.5. The first kappa shape index (κ1) is 11.5. The van der Waals surface area contributed by atoms with Gasteiger partial charge in [0.15, 0.2) is 0 Å². The molecule has 1 heterocycles. The van der Waals surface area contributed by atoms with Crippen molar-refractivity contribution >= 4 is 28.3 Å². The molecule has 0 aliphatic heterocycles. The Balaban J connectivity index is 2.07. The SMILES string of the molecule is Cc1c(I)cccc1NCc1ccn(C)c1. The van der Waals surface area contributed by atoms with Gasteiger partial charge in [-0.3, -0.25) is 0 Å². The number of nitrogens with one attached hydrogen (secondary N) is 1. The average Bonchev–Trinajstić information content (AvgIpc) is 2.67. The summed E-state index contributed by atoms with van der Waals surface area (Å²) in [6, 6.07) is 8.47. The Morgan fingerprint density at radius 2 is 2.12 bits per heavy atom. The summed E-state index contributed by atoms with van der Waals surface area (Å²) in [4.78, 5) is 0. The van der Waals surface area contributed by atoms with Gasteiger partial charge in [0, 0.05) is 35.2 Å². The van der Waals surface area contributed by atoms with Crippen molar-refractivity contribution in [1.82, 2.24) is 4.57 Å². The van der Waals surface area contributed by atoms with E-state index in [0.717, 1.165) is 6.54 Å². The number of hydrogen-bond acceptors (Lipinski definition) is 1. The van der Waals surface area contributed by atoms with Gasteiger partial charge in [-0.2, -0.15) is 0 Å². The summed E-state index contributed by atoms with van der Waals surface area (Å²) in [5, 5.41) is 3.47. The number of halogens is 1. The highest BCUT2D eigenvalue weighted by Gasteiger charge is 2.01. The summed E-state index contributed by atoms with van der Waals surface area (Å²) in [5.41, 5.74) is 3.84. The van der Waals surface area contributed by atoms with Crippen LogP contribution in [0, 0.1) is 10.5 Å². The third kappa shape index (κ3) is 2.58. The van der Waals surface area contributed by atoms with Gasteiger partial charge in [-0.05, 0) is 58.8 Å². The van der Waals surface area contributed by atoms with E-state index in [0.29, 0.717) is 0 Å². The fourth-order valence-electron chi connectivity index (χ4n) is 1.66. The zero-order valence-electron chi connectivity index (χ0n) is 9.50. The number of rotatable bonds is 3. The van der Waals surface area contributed by atoms with Crippen molar-refractivity contribution in [3.63, 3.8) is 0 Å². The van der Waals surface area contributed by atoms with Gasteiger partial charge in [0.25, 0.3) is 0 Å². The Kier molecular flexibility index (Phi) is 3.53. The molecule has 16 heavy (non-hydrogen) atoms. The highest BCUT2D eigenvalue weighted by molar-refractivity contribution is 14.1. The monoisotopic (exact) mass is 326 g/mol. The molecule has 0 spiro atoms. The predicted molar refractivity (Wildman–Crippen MR) is 76.6 cm³/mol. The van der Waals surface area contributed by atoms with Gasteiger partial charge in [0.1, 0.15) is 0 Å². The molecule has 0 bridgehead atoms. The number of aromatic nitrogens is 1. The van der Waals surface area contributed by atoms with E-state index in [4.69, 9.17) is 0 Å². The fraction of sp³-hybridized carbons (Fsp3) is 0.231. The Morgan fingerprint density at radius 1 is 1.31 bits per heavy atom. The summed E-state index contributed by atoms with van der Waals surface area (Å²) in [5.74, 6) is 0. The molecule has 0 aliphatic rings. The molecule has 0 saturated carbocycles. The number of nitrogens with zero attached hydrogens (tertiary/aromatic N) is 1. The summed E-state index contributed by atoms with van der Waals surface area (Å²) in [6.45, 7) is 3.02. The molecule has 0 amide bonds. The van der Waals surface area contributed by atoms with Crippen molar-refractivity contribution in [2.45, 2.75) is 13.5 Å². The molecule has 2 aromatic rings. The second-order valence-corrected chi connectivity index (χ2v) is 5.11. The van der Waals surface area contributed by atoms with Gasteiger partial charge in [-0.1, -0.05) is 6.07 Å². The Bertz CT molecular complexity index is 488. The van der Waals surface area contributed by atoms with Crippen LogP contribution in [0.4, 0.5) is 5.69 Å². The largest absolute Gasteiger partial charge is 0.381 e.